The van der Waals surface area contributed by atoms with E-state index in [0.29, 0.717) is 9.92 Å². The van der Waals surface area contributed by atoms with Gasteiger partial charge in [0.15, 0.2) is 11.6 Å². The van der Waals surface area contributed by atoms with Gasteiger partial charge in [0.25, 0.3) is 5.91 Å². The lowest BCUT2D eigenvalue weighted by molar-refractivity contribution is -0.137. The third-order valence-corrected chi connectivity index (χ3v) is 7.16. The van der Waals surface area contributed by atoms with Gasteiger partial charge in [0.1, 0.15) is 0 Å². The number of alkyl halides is 3. The van der Waals surface area contributed by atoms with Crippen molar-refractivity contribution in [2.75, 3.05) is 5.32 Å². The highest BCUT2D eigenvalue weighted by atomic mass is 35.5. The summed E-state index contributed by atoms with van der Waals surface area (Å²) in [5.41, 5.74) is -0.235. The summed E-state index contributed by atoms with van der Waals surface area (Å²) in [6.45, 7) is 0. The third-order valence-electron chi connectivity index (χ3n) is 5.77. The summed E-state index contributed by atoms with van der Waals surface area (Å²) in [4.78, 5) is 41.0. The predicted molar refractivity (Wildman–Crippen MR) is 135 cm³/mol. The maximum Gasteiger partial charge on any atom is 0.416 e. The molecule has 1 amide bonds. The largest absolute Gasteiger partial charge is 0.416 e. The molecule has 4 aromatic rings. The van der Waals surface area contributed by atoms with Crippen molar-refractivity contribution in [1.29, 1.82) is 0 Å². The molecule has 184 valence electrons. The van der Waals surface area contributed by atoms with E-state index in [2.05, 4.69) is 5.32 Å². The molecule has 0 atom stereocenters. The fraction of sp³-hybridized carbons (Fsp3) is 0.0357. The van der Waals surface area contributed by atoms with Crippen LogP contribution in [0, 0.1) is 0 Å². The summed E-state index contributed by atoms with van der Waals surface area (Å²) in [7, 11) is 0. The smallest absolute Gasteiger partial charge is 0.322 e. The molecule has 37 heavy (non-hydrogen) atoms. The van der Waals surface area contributed by atoms with Gasteiger partial charge in [-0.05, 0) is 54.6 Å². The molecule has 0 fully saturated rings. The van der Waals surface area contributed by atoms with Crippen LogP contribution in [-0.4, -0.2) is 17.5 Å². The van der Waals surface area contributed by atoms with Crippen molar-refractivity contribution in [1.82, 2.24) is 0 Å². The van der Waals surface area contributed by atoms with E-state index in [-0.39, 0.29) is 44.2 Å². The Morgan fingerprint density at radius 1 is 0.784 bits per heavy atom. The maximum atomic E-state index is 13.6. The van der Waals surface area contributed by atoms with Crippen LogP contribution in [0.4, 0.5) is 18.9 Å². The predicted octanol–water partition coefficient (Wildman–Crippen LogP) is 7.54. The molecule has 1 aliphatic carbocycles. The molecular weight excluding hydrogens is 523 g/mol. The van der Waals surface area contributed by atoms with Crippen molar-refractivity contribution in [3.05, 3.63) is 123 Å². The minimum atomic E-state index is -4.58. The standard InChI is InChI=1S/C28H15ClF3NO3S/c29-16-8-10-18(11-9-16)37-26-22(27(36)33-17-5-3-4-15(14-17)28(30,31)32)13-12-21-23(26)25(35)20-7-2-1-6-19(20)24(21)34/h1-14H,(H,33,36). The van der Waals surface area contributed by atoms with E-state index in [4.69, 9.17) is 11.6 Å². The van der Waals surface area contributed by atoms with Gasteiger partial charge in [0.2, 0.25) is 0 Å². The highest BCUT2D eigenvalue weighted by Gasteiger charge is 2.34. The maximum absolute atomic E-state index is 13.6. The number of hydrogen-bond donors (Lipinski definition) is 1. The molecule has 0 spiro atoms. The van der Waals surface area contributed by atoms with E-state index in [1.807, 2.05) is 0 Å². The number of anilines is 1. The number of amides is 1. The van der Waals surface area contributed by atoms with Crippen LogP contribution in [-0.2, 0) is 6.18 Å². The SMILES string of the molecule is O=C(Nc1cccc(C(F)(F)F)c1)c1ccc2c(c1Sc1ccc(Cl)cc1)C(=O)c1ccccc1C2=O. The van der Waals surface area contributed by atoms with Crippen molar-refractivity contribution in [3.63, 3.8) is 0 Å². The lowest BCUT2D eigenvalue weighted by atomic mass is 9.83. The van der Waals surface area contributed by atoms with Crippen molar-refractivity contribution < 1.29 is 27.6 Å². The molecule has 0 aromatic heterocycles. The van der Waals surface area contributed by atoms with Crippen LogP contribution in [0.15, 0.2) is 94.7 Å². The Morgan fingerprint density at radius 2 is 1.46 bits per heavy atom. The summed E-state index contributed by atoms with van der Waals surface area (Å²) in [6, 6.07) is 20.2. The highest BCUT2D eigenvalue weighted by molar-refractivity contribution is 7.99. The first-order valence-corrected chi connectivity index (χ1v) is 12.1. The molecule has 1 N–H and O–H groups in total. The molecule has 0 unspecified atom stereocenters. The van der Waals surface area contributed by atoms with Crippen molar-refractivity contribution >= 4 is 46.5 Å². The van der Waals surface area contributed by atoms with Crippen LogP contribution in [0.5, 0.6) is 0 Å². The molecule has 1 aliphatic rings. The topological polar surface area (TPSA) is 63.2 Å². The van der Waals surface area contributed by atoms with E-state index >= 15 is 0 Å². The van der Waals surface area contributed by atoms with Crippen molar-refractivity contribution in [3.8, 4) is 0 Å². The van der Waals surface area contributed by atoms with E-state index in [1.165, 1.54) is 24.3 Å². The molecular formula is C28H15ClF3NO3S. The number of carbonyl (C=O) groups is 3. The van der Waals surface area contributed by atoms with Gasteiger partial charge in [-0.3, -0.25) is 14.4 Å². The minimum Gasteiger partial charge on any atom is -0.322 e. The van der Waals surface area contributed by atoms with Crippen LogP contribution < -0.4 is 5.32 Å². The summed E-state index contributed by atoms with van der Waals surface area (Å²) in [6.07, 6.45) is -4.58. The number of benzene rings is 4. The number of ketones is 2. The highest BCUT2D eigenvalue weighted by Crippen LogP contribution is 2.40. The van der Waals surface area contributed by atoms with Gasteiger partial charge in [0, 0.05) is 42.8 Å². The Labute approximate surface area is 218 Å². The second-order valence-electron chi connectivity index (χ2n) is 8.16. The molecule has 9 heteroatoms. The molecule has 0 heterocycles. The Kier molecular flexibility index (Phi) is 6.39. The number of hydrogen-bond acceptors (Lipinski definition) is 4. The Bertz CT molecular complexity index is 1580. The second-order valence-corrected chi connectivity index (χ2v) is 9.68. The first kappa shape index (κ1) is 24.8. The Balaban J connectivity index is 1.62. The van der Waals surface area contributed by atoms with Gasteiger partial charge >= 0.3 is 6.18 Å². The Hall–Kier alpha value is -3.88. The monoisotopic (exact) mass is 537 g/mol. The number of nitrogens with one attached hydrogen (secondary N) is 1. The summed E-state index contributed by atoms with van der Waals surface area (Å²) >= 11 is 7.08. The van der Waals surface area contributed by atoms with Crippen LogP contribution in [0.2, 0.25) is 5.02 Å². The molecule has 0 bridgehead atoms. The first-order valence-electron chi connectivity index (χ1n) is 10.9. The van der Waals surface area contributed by atoms with Crippen molar-refractivity contribution in [2.45, 2.75) is 16.0 Å². The quantitative estimate of drug-likeness (QED) is 0.257. The molecule has 0 aliphatic heterocycles. The fourth-order valence-corrected chi connectivity index (χ4v) is 5.24. The lowest BCUT2D eigenvalue weighted by Crippen LogP contribution is -2.24. The van der Waals surface area contributed by atoms with Gasteiger partial charge in [-0.25, -0.2) is 0 Å². The third kappa shape index (κ3) is 4.77. The molecule has 0 saturated heterocycles. The zero-order valence-corrected chi connectivity index (χ0v) is 20.3. The van der Waals surface area contributed by atoms with Crippen LogP contribution in [0.25, 0.3) is 0 Å². The zero-order valence-electron chi connectivity index (χ0n) is 18.7. The van der Waals surface area contributed by atoms with Crippen LogP contribution in [0.1, 0.15) is 47.8 Å². The lowest BCUT2D eigenvalue weighted by Gasteiger charge is -2.22. The van der Waals surface area contributed by atoms with Crippen molar-refractivity contribution in [2.24, 2.45) is 0 Å². The number of carbonyl (C=O) groups excluding carboxylic acids is 3. The zero-order chi connectivity index (χ0) is 26.3. The van der Waals surface area contributed by atoms with Gasteiger partial charge in [-0.1, -0.05) is 53.7 Å². The first-order chi connectivity index (χ1) is 17.6. The molecule has 0 saturated carbocycles. The van der Waals surface area contributed by atoms with E-state index < -0.39 is 23.4 Å². The summed E-state index contributed by atoms with van der Waals surface area (Å²) in [5.74, 6) is -1.50. The van der Waals surface area contributed by atoms with E-state index in [1.54, 1.807) is 48.5 Å². The van der Waals surface area contributed by atoms with Gasteiger partial charge < -0.3 is 5.32 Å². The van der Waals surface area contributed by atoms with E-state index in [0.717, 1.165) is 23.9 Å². The average Bonchev–Trinajstić information content (AvgIpc) is 2.88. The molecule has 4 nitrogen and oxygen atoms in total. The van der Waals surface area contributed by atoms with Gasteiger partial charge in [0.05, 0.1) is 11.1 Å². The molecule has 4 aromatic carbocycles. The fourth-order valence-electron chi connectivity index (χ4n) is 4.03. The minimum absolute atomic E-state index is 0.0386. The number of fused-ring (bicyclic) bond motifs is 2. The van der Waals surface area contributed by atoms with Crippen LogP contribution in [0.3, 0.4) is 0 Å². The molecule has 0 radical (unpaired) electrons. The summed E-state index contributed by atoms with van der Waals surface area (Å²) in [5, 5.41) is 2.98. The van der Waals surface area contributed by atoms with Gasteiger partial charge in [-0.15, -0.1) is 0 Å². The number of halogens is 4. The molecule has 5 rings (SSSR count). The summed E-state index contributed by atoms with van der Waals surface area (Å²) < 4.78 is 39.5. The average molecular weight is 538 g/mol. The van der Waals surface area contributed by atoms with E-state index in [9.17, 15) is 27.6 Å². The normalized spacial score (nSPS) is 12.6. The van der Waals surface area contributed by atoms with Gasteiger partial charge in [-0.2, -0.15) is 13.2 Å². The number of rotatable bonds is 4. The van der Waals surface area contributed by atoms with Crippen LogP contribution >= 0.6 is 23.4 Å². The Morgan fingerprint density at radius 3 is 2.14 bits per heavy atom. The second kappa shape index (κ2) is 9.53.